The van der Waals surface area contributed by atoms with Gasteiger partial charge in [-0.2, -0.15) is 0 Å². The number of amides is 2. The second-order valence-electron chi connectivity index (χ2n) is 6.22. The highest BCUT2D eigenvalue weighted by molar-refractivity contribution is 7.15. The summed E-state index contributed by atoms with van der Waals surface area (Å²) < 4.78 is 5.09. The summed E-state index contributed by atoms with van der Waals surface area (Å²) in [6.07, 6.45) is 0. The van der Waals surface area contributed by atoms with Crippen LogP contribution < -0.4 is 9.64 Å². The quantitative estimate of drug-likeness (QED) is 0.845. The molecule has 0 saturated carbocycles. The summed E-state index contributed by atoms with van der Waals surface area (Å²) in [5, 5.41) is 0.459. The van der Waals surface area contributed by atoms with Gasteiger partial charge in [-0.15, -0.1) is 0 Å². The Morgan fingerprint density at radius 1 is 1.16 bits per heavy atom. The van der Waals surface area contributed by atoms with Gasteiger partial charge in [0.2, 0.25) is 5.91 Å². The molecule has 1 aliphatic heterocycles. The molecule has 0 atom stereocenters. The molecule has 0 spiro atoms. The van der Waals surface area contributed by atoms with Gasteiger partial charge in [-0.3, -0.25) is 9.59 Å². The van der Waals surface area contributed by atoms with E-state index in [2.05, 4.69) is 11.1 Å². The molecule has 0 radical (unpaired) electrons. The summed E-state index contributed by atoms with van der Waals surface area (Å²) in [5.41, 5.74) is 3.77. The molecule has 2 heterocycles. The van der Waals surface area contributed by atoms with Crippen LogP contribution in [0.25, 0.3) is 0 Å². The van der Waals surface area contributed by atoms with Gasteiger partial charge in [0.15, 0.2) is 0 Å². The molecule has 25 heavy (non-hydrogen) atoms. The van der Waals surface area contributed by atoms with Gasteiger partial charge in [-0.1, -0.05) is 17.4 Å². The number of nitrogens with zero attached hydrogens (tertiary/aromatic N) is 3. The Hall–Kier alpha value is -2.41. The number of aryl methyl sites for hydroxylation is 3. The van der Waals surface area contributed by atoms with Crippen molar-refractivity contribution in [2.75, 3.05) is 31.6 Å². The minimum Gasteiger partial charge on any atom is -0.473 e. The zero-order valence-electron chi connectivity index (χ0n) is 14.8. The molecule has 1 aromatic heterocycles. The topological polar surface area (TPSA) is 62.7 Å². The zero-order chi connectivity index (χ0) is 18.1. The lowest BCUT2D eigenvalue weighted by Crippen LogP contribution is -2.52. The summed E-state index contributed by atoms with van der Waals surface area (Å²) in [6, 6.07) is 6.08. The molecule has 0 aliphatic carbocycles. The first-order chi connectivity index (χ1) is 11.9. The fourth-order valence-corrected chi connectivity index (χ4v) is 3.88. The Morgan fingerprint density at radius 3 is 2.40 bits per heavy atom. The van der Waals surface area contributed by atoms with Crippen molar-refractivity contribution in [3.8, 4) is 5.19 Å². The lowest BCUT2D eigenvalue weighted by molar-refractivity contribution is -0.120. The second kappa shape index (κ2) is 6.84. The third kappa shape index (κ3) is 3.51. The lowest BCUT2D eigenvalue weighted by Gasteiger charge is -2.34. The van der Waals surface area contributed by atoms with E-state index in [0.29, 0.717) is 28.9 Å². The van der Waals surface area contributed by atoms with Crippen LogP contribution in [0.4, 0.5) is 5.69 Å². The molecule has 0 bridgehead atoms. The van der Waals surface area contributed by atoms with Crippen LogP contribution in [0.2, 0.25) is 0 Å². The van der Waals surface area contributed by atoms with E-state index in [4.69, 9.17) is 4.74 Å². The van der Waals surface area contributed by atoms with E-state index in [1.165, 1.54) is 18.4 Å². The molecule has 2 amide bonds. The van der Waals surface area contributed by atoms with Crippen molar-refractivity contribution < 1.29 is 14.3 Å². The fourth-order valence-electron chi connectivity index (χ4n) is 3.03. The molecular formula is C18H21N3O3S. The summed E-state index contributed by atoms with van der Waals surface area (Å²) in [7, 11) is 1.53. The van der Waals surface area contributed by atoms with Gasteiger partial charge in [-0.25, -0.2) is 4.98 Å². The first-order valence-corrected chi connectivity index (χ1v) is 8.90. The summed E-state index contributed by atoms with van der Waals surface area (Å²) in [4.78, 5) is 33.4. The minimum atomic E-state index is -0.160. The van der Waals surface area contributed by atoms with Crippen molar-refractivity contribution in [2.24, 2.45) is 0 Å². The molecule has 0 unspecified atom stereocenters. The Balaban J connectivity index is 1.76. The first-order valence-electron chi connectivity index (χ1n) is 8.08. The number of anilines is 1. The number of hydrogen-bond acceptors (Lipinski definition) is 5. The van der Waals surface area contributed by atoms with Crippen molar-refractivity contribution in [2.45, 2.75) is 20.8 Å². The van der Waals surface area contributed by atoms with Crippen LogP contribution in [0.3, 0.4) is 0 Å². The van der Waals surface area contributed by atoms with Gasteiger partial charge < -0.3 is 14.5 Å². The van der Waals surface area contributed by atoms with E-state index >= 15 is 0 Å². The standard InChI is InChI=1S/C18H21N3O3S/c1-11-7-12(2)9-14(8-11)21-6-5-20(10-15(21)22)17(23)16-13(3)19-18(24-4)25-16/h7-9H,5-6,10H2,1-4H3. The monoisotopic (exact) mass is 359 g/mol. The number of carbonyl (C=O) groups is 2. The normalized spacial score (nSPS) is 14.8. The van der Waals surface area contributed by atoms with Crippen LogP contribution in [0.1, 0.15) is 26.5 Å². The number of hydrogen-bond donors (Lipinski definition) is 0. The number of benzene rings is 1. The Morgan fingerprint density at radius 2 is 1.84 bits per heavy atom. The van der Waals surface area contributed by atoms with Crippen LogP contribution in [0.15, 0.2) is 18.2 Å². The number of carbonyl (C=O) groups excluding carboxylic acids is 2. The smallest absolute Gasteiger partial charge is 0.273 e. The van der Waals surface area contributed by atoms with Crippen molar-refractivity contribution in [1.29, 1.82) is 0 Å². The van der Waals surface area contributed by atoms with Crippen LogP contribution in [-0.4, -0.2) is 48.4 Å². The molecule has 6 nitrogen and oxygen atoms in total. The highest BCUT2D eigenvalue weighted by Gasteiger charge is 2.30. The number of piperazine rings is 1. The van der Waals surface area contributed by atoms with Gasteiger partial charge >= 0.3 is 0 Å². The average molecular weight is 359 g/mol. The van der Waals surface area contributed by atoms with Crippen molar-refractivity contribution in [1.82, 2.24) is 9.88 Å². The molecule has 1 aromatic carbocycles. The number of aromatic nitrogens is 1. The molecule has 1 fully saturated rings. The summed E-state index contributed by atoms with van der Waals surface area (Å²) in [6.45, 7) is 6.87. The number of thiazole rings is 1. The molecule has 7 heteroatoms. The van der Waals surface area contributed by atoms with Gasteiger partial charge in [0.25, 0.3) is 11.1 Å². The van der Waals surface area contributed by atoms with E-state index < -0.39 is 0 Å². The molecule has 1 aliphatic rings. The molecule has 132 valence electrons. The maximum atomic E-state index is 12.7. The van der Waals surface area contributed by atoms with E-state index in [1.54, 1.807) is 16.7 Å². The third-order valence-electron chi connectivity index (χ3n) is 4.17. The maximum absolute atomic E-state index is 12.7. The Bertz CT molecular complexity index is 811. The van der Waals surface area contributed by atoms with Crippen LogP contribution in [-0.2, 0) is 4.79 Å². The Labute approximate surface area is 151 Å². The minimum absolute atomic E-state index is 0.0706. The Kier molecular flexibility index (Phi) is 4.76. The van der Waals surface area contributed by atoms with Crippen LogP contribution in [0, 0.1) is 20.8 Å². The van der Waals surface area contributed by atoms with Gasteiger partial charge in [0.1, 0.15) is 11.4 Å². The largest absolute Gasteiger partial charge is 0.473 e. The molecular weight excluding hydrogens is 338 g/mol. The van der Waals surface area contributed by atoms with E-state index in [1.807, 2.05) is 26.0 Å². The SMILES string of the molecule is COc1nc(C)c(C(=O)N2CCN(c3cc(C)cc(C)c3)C(=O)C2)s1. The van der Waals surface area contributed by atoms with Crippen molar-refractivity contribution >= 4 is 28.8 Å². The number of ether oxygens (including phenoxy) is 1. The van der Waals surface area contributed by atoms with Gasteiger partial charge in [0.05, 0.1) is 12.8 Å². The van der Waals surface area contributed by atoms with Crippen LogP contribution >= 0.6 is 11.3 Å². The van der Waals surface area contributed by atoms with Gasteiger partial charge in [-0.05, 0) is 44.0 Å². The van der Waals surface area contributed by atoms with E-state index in [0.717, 1.165) is 16.8 Å². The zero-order valence-corrected chi connectivity index (χ0v) is 15.6. The number of methoxy groups -OCH3 is 1. The molecule has 3 rings (SSSR count). The van der Waals surface area contributed by atoms with E-state index in [-0.39, 0.29) is 18.4 Å². The predicted octanol–water partition coefficient (Wildman–Crippen LogP) is 2.57. The lowest BCUT2D eigenvalue weighted by atomic mass is 10.1. The summed E-state index contributed by atoms with van der Waals surface area (Å²) >= 11 is 1.21. The first kappa shape index (κ1) is 17.4. The highest BCUT2D eigenvalue weighted by atomic mass is 32.1. The van der Waals surface area contributed by atoms with E-state index in [9.17, 15) is 9.59 Å². The van der Waals surface area contributed by atoms with Crippen LogP contribution in [0.5, 0.6) is 5.19 Å². The van der Waals surface area contributed by atoms with Gasteiger partial charge in [0, 0.05) is 18.8 Å². The maximum Gasteiger partial charge on any atom is 0.273 e. The predicted molar refractivity (Wildman–Crippen MR) is 97.6 cm³/mol. The summed E-state index contributed by atoms with van der Waals surface area (Å²) in [5.74, 6) is -0.231. The molecule has 2 aromatic rings. The third-order valence-corrected chi connectivity index (χ3v) is 5.28. The molecule has 0 N–H and O–H groups in total. The second-order valence-corrected chi connectivity index (χ2v) is 7.18. The fraction of sp³-hybridized carbons (Fsp3) is 0.389. The highest BCUT2D eigenvalue weighted by Crippen LogP contribution is 2.27. The number of rotatable bonds is 3. The molecule has 1 saturated heterocycles. The van der Waals surface area contributed by atoms with Crippen molar-refractivity contribution in [3.63, 3.8) is 0 Å². The average Bonchev–Trinajstić information content (AvgIpc) is 2.94. The van der Waals surface area contributed by atoms with Crippen molar-refractivity contribution in [3.05, 3.63) is 39.9 Å².